The summed E-state index contributed by atoms with van der Waals surface area (Å²) >= 11 is 3.25. The van der Waals surface area contributed by atoms with Crippen molar-refractivity contribution in [3.05, 3.63) is 86.8 Å². The minimum atomic E-state index is -0.159. The molecule has 1 aliphatic heterocycles. The molecule has 5 nitrogen and oxygen atoms in total. The Balaban J connectivity index is 1.21. The summed E-state index contributed by atoms with van der Waals surface area (Å²) in [5.41, 5.74) is 3.32. The number of aromatic nitrogens is 1. The Morgan fingerprint density at radius 2 is 1.73 bits per heavy atom. The third-order valence-electron chi connectivity index (χ3n) is 9.41. The molecule has 3 aromatic carbocycles. The highest BCUT2D eigenvalue weighted by Gasteiger charge is 2.55. The van der Waals surface area contributed by atoms with Crippen molar-refractivity contribution in [2.75, 3.05) is 23.3 Å². The van der Waals surface area contributed by atoms with Crippen LogP contribution in [0.3, 0.4) is 0 Å². The maximum atomic E-state index is 13.4. The average Bonchev–Trinajstić information content (AvgIpc) is 3.67. The number of rotatable bonds is 7. The molecule has 0 unspecified atom stereocenters. The predicted molar refractivity (Wildman–Crippen MR) is 167 cm³/mol. The van der Waals surface area contributed by atoms with Gasteiger partial charge in [0.05, 0.1) is 5.03 Å². The molecule has 1 amide bonds. The van der Waals surface area contributed by atoms with Crippen molar-refractivity contribution in [1.82, 2.24) is 4.57 Å². The van der Waals surface area contributed by atoms with E-state index in [4.69, 9.17) is 0 Å². The molecule has 206 valence electrons. The average molecular weight is 570 g/mol. The summed E-state index contributed by atoms with van der Waals surface area (Å²) in [5, 5.41) is 6.80. The van der Waals surface area contributed by atoms with Crippen LogP contribution < -0.4 is 15.1 Å². The van der Waals surface area contributed by atoms with Crippen LogP contribution in [0.15, 0.2) is 76.6 Å². The Bertz CT molecular complexity index is 1620. The maximum absolute atomic E-state index is 13.4. The highest BCUT2D eigenvalue weighted by Crippen LogP contribution is 2.64. The molecule has 2 saturated carbocycles. The normalized spacial score (nSPS) is 24.6. The molecule has 2 fully saturated rings. The quantitative estimate of drug-likeness (QED) is 0.256. The summed E-state index contributed by atoms with van der Waals surface area (Å²) in [4.78, 5) is 30.2. The molecule has 2 aliphatic carbocycles. The van der Waals surface area contributed by atoms with E-state index in [0.29, 0.717) is 17.1 Å². The number of hydrogen-bond acceptors (Lipinski definition) is 5. The first kappa shape index (κ1) is 25.9. The topological polar surface area (TPSA) is 54.3 Å². The molecule has 2 heterocycles. The molecule has 3 aliphatic rings. The first-order valence-corrected chi connectivity index (χ1v) is 16.3. The van der Waals surface area contributed by atoms with E-state index >= 15 is 0 Å². The van der Waals surface area contributed by atoms with Gasteiger partial charge in [-0.1, -0.05) is 53.8 Å². The highest BCUT2D eigenvalue weighted by atomic mass is 32.2. The van der Waals surface area contributed by atoms with E-state index in [-0.39, 0.29) is 23.2 Å². The number of thiazole rings is 1. The van der Waals surface area contributed by atoms with Gasteiger partial charge >= 0.3 is 4.87 Å². The number of nitrogens with one attached hydrogen (secondary N) is 1. The second-order valence-electron chi connectivity index (χ2n) is 11.5. The zero-order chi connectivity index (χ0) is 27.4. The van der Waals surface area contributed by atoms with Crippen LogP contribution >= 0.6 is 23.1 Å². The number of carbonyl (C=O) groups is 1. The smallest absolute Gasteiger partial charge is 0.308 e. The summed E-state index contributed by atoms with van der Waals surface area (Å²) in [6, 6.07) is 23.1. The van der Waals surface area contributed by atoms with E-state index < -0.39 is 0 Å². The van der Waals surface area contributed by atoms with Crippen molar-refractivity contribution in [2.45, 2.75) is 55.8 Å². The molecule has 40 heavy (non-hydrogen) atoms. The standard InChI is InChI=1S/C33H35N3O2S2/c1-3-35(4-2)26-15-12-21(13-16-26)28-29-23-9-10-24(17-23)30(29)39-32-31(28)40-33(38)36(32)19-27(37)34-25-14-11-20-7-5-6-8-22(20)18-25/h5-8,11-16,18,23-24,28-30H,3-4,9-10,17,19H2,1-2H3,(H,34,37)/t23-,24-,28-,29-,30+/m0/s1. The minimum absolute atomic E-state index is 0.0248. The van der Waals surface area contributed by atoms with Crippen LogP contribution in [-0.4, -0.2) is 28.8 Å². The number of benzene rings is 3. The second-order valence-corrected chi connectivity index (χ2v) is 13.6. The molecule has 0 radical (unpaired) electrons. The van der Waals surface area contributed by atoms with Gasteiger partial charge in [-0.15, -0.1) is 11.8 Å². The Labute approximate surface area is 243 Å². The Morgan fingerprint density at radius 1 is 0.975 bits per heavy atom. The van der Waals surface area contributed by atoms with E-state index in [1.54, 1.807) is 4.57 Å². The summed E-state index contributed by atoms with van der Waals surface area (Å²) in [6.45, 7) is 6.40. The van der Waals surface area contributed by atoms with E-state index in [9.17, 15) is 9.59 Å². The lowest BCUT2D eigenvalue weighted by atomic mass is 9.75. The Kier molecular flexibility index (Phi) is 6.75. The fourth-order valence-corrected chi connectivity index (χ4v) is 10.7. The van der Waals surface area contributed by atoms with Crippen molar-refractivity contribution in [1.29, 1.82) is 0 Å². The molecule has 5 atom stereocenters. The molecule has 7 rings (SSSR count). The Morgan fingerprint density at radius 3 is 2.50 bits per heavy atom. The number of fused-ring (bicyclic) bond motifs is 7. The molecule has 0 spiro atoms. The number of nitrogens with zero attached hydrogens (tertiary/aromatic N) is 2. The number of anilines is 2. The van der Waals surface area contributed by atoms with E-state index in [1.807, 2.05) is 48.2 Å². The first-order chi connectivity index (χ1) is 19.5. The highest BCUT2D eigenvalue weighted by molar-refractivity contribution is 8.00. The molecule has 1 N–H and O–H groups in total. The van der Waals surface area contributed by atoms with Gasteiger partial charge in [0.25, 0.3) is 0 Å². The lowest BCUT2D eigenvalue weighted by molar-refractivity contribution is -0.116. The van der Waals surface area contributed by atoms with Crippen LogP contribution in [0.2, 0.25) is 0 Å². The fraction of sp³-hybridized carbons (Fsp3) is 0.394. The van der Waals surface area contributed by atoms with Crippen LogP contribution in [0, 0.1) is 17.8 Å². The first-order valence-electron chi connectivity index (χ1n) is 14.6. The lowest BCUT2D eigenvalue weighted by Gasteiger charge is -2.40. The predicted octanol–water partition coefficient (Wildman–Crippen LogP) is 7.20. The van der Waals surface area contributed by atoms with Crippen LogP contribution in [0.25, 0.3) is 10.8 Å². The third-order valence-corrected chi connectivity index (χ3v) is 12.2. The van der Waals surface area contributed by atoms with Gasteiger partial charge < -0.3 is 10.2 Å². The van der Waals surface area contributed by atoms with Gasteiger partial charge in [0, 0.05) is 40.5 Å². The monoisotopic (exact) mass is 569 g/mol. The Hall–Kier alpha value is -3.03. The van der Waals surface area contributed by atoms with Crippen LogP contribution in [0.1, 0.15) is 49.5 Å². The van der Waals surface area contributed by atoms with Crippen molar-refractivity contribution in [3.8, 4) is 0 Å². The molecule has 1 aromatic heterocycles. The fourth-order valence-electron chi connectivity index (χ4n) is 7.55. The van der Waals surface area contributed by atoms with E-state index in [1.165, 1.54) is 41.9 Å². The van der Waals surface area contributed by atoms with Gasteiger partial charge in [-0.25, -0.2) is 0 Å². The van der Waals surface area contributed by atoms with Crippen LogP contribution in [0.5, 0.6) is 0 Å². The lowest BCUT2D eigenvalue weighted by Crippen LogP contribution is -2.35. The molecular formula is C33H35N3O2S2. The van der Waals surface area contributed by atoms with Gasteiger partial charge in [0.15, 0.2) is 0 Å². The molecular weight excluding hydrogens is 535 g/mol. The van der Waals surface area contributed by atoms with Crippen molar-refractivity contribution < 1.29 is 4.79 Å². The van der Waals surface area contributed by atoms with Gasteiger partial charge in [-0.05, 0) is 91.5 Å². The van der Waals surface area contributed by atoms with Gasteiger partial charge in [0.1, 0.15) is 6.54 Å². The van der Waals surface area contributed by atoms with Crippen LogP contribution in [-0.2, 0) is 11.3 Å². The zero-order valence-electron chi connectivity index (χ0n) is 23.0. The third kappa shape index (κ3) is 4.38. The molecule has 0 saturated heterocycles. The van der Waals surface area contributed by atoms with Crippen molar-refractivity contribution in [3.63, 3.8) is 0 Å². The summed E-state index contributed by atoms with van der Waals surface area (Å²) < 4.78 is 1.75. The number of hydrogen-bond donors (Lipinski definition) is 1. The zero-order valence-corrected chi connectivity index (χ0v) is 24.6. The number of thioether (sulfide) groups is 1. The molecule has 2 bridgehead atoms. The summed E-state index contributed by atoms with van der Waals surface area (Å²) in [6.07, 6.45) is 3.90. The summed E-state index contributed by atoms with van der Waals surface area (Å²) in [5.74, 6) is 2.07. The molecule has 7 heteroatoms. The van der Waals surface area contributed by atoms with E-state index in [0.717, 1.165) is 45.4 Å². The molecule has 4 aromatic rings. The van der Waals surface area contributed by atoms with Crippen molar-refractivity contribution >= 4 is 51.2 Å². The van der Waals surface area contributed by atoms with Crippen molar-refractivity contribution in [2.24, 2.45) is 17.8 Å². The SMILES string of the molecule is CCN(CC)c1ccc([C@@H]2c3sc(=O)n(CC(=O)Nc4ccc5ccccc5c4)c3S[C@@H]3[C@H]4CC[C@@H](C4)[C@@H]23)cc1. The number of carbonyl (C=O) groups excluding carboxylic acids is 1. The second kappa shape index (κ2) is 10.4. The van der Waals surface area contributed by atoms with Crippen LogP contribution in [0.4, 0.5) is 11.4 Å². The van der Waals surface area contributed by atoms with Gasteiger partial charge in [-0.2, -0.15) is 0 Å². The van der Waals surface area contributed by atoms with E-state index in [2.05, 4.69) is 54.4 Å². The largest absolute Gasteiger partial charge is 0.372 e. The maximum Gasteiger partial charge on any atom is 0.308 e. The van der Waals surface area contributed by atoms with Gasteiger partial charge in [0.2, 0.25) is 5.91 Å². The minimum Gasteiger partial charge on any atom is -0.372 e. The van der Waals surface area contributed by atoms with Gasteiger partial charge in [-0.3, -0.25) is 14.2 Å². The number of amides is 1. The summed E-state index contributed by atoms with van der Waals surface area (Å²) in [7, 11) is 0.